The van der Waals surface area contributed by atoms with Crippen molar-refractivity contribution in [1.82, 2.24) is 9.97 Å². The minimum absolute atomic E-state index is 0.440. The summed E-state index contributed by atoms with van der Waals surface area (Å²) in [6, 6.07) is 9.81. The molecule has 0 aliphatic carbocycles. The Hall–Kier alpha value is -1.85. The first-order valence-corrected chi connectivity index (χ1v) is 7.42. The fourth-order valence-corrected chi connectivity index (χ4v) is 2.76. The first-order chi connectivity index (χ1) is 10.3. The van der Waals surface area contributed by atoms with Crippen LogP contribution in [0.3, 0.4) is 0 Å². The molecule has 0 spiro atoms. The number of rotatable bonds is 3. The molecule has 1 aromatic heterocycles. The third-order valence-corrected chi connectivity index (χ3v) is 3.98. The molecule has 3 rings (SSSR count). The van der Waals surface area contributed by atoms with Crippen LogP contribution in [0.5, 0.6) is 0 Å². The van der Waals surface area contributed by atoms with Crippen molar-refractivity contribution >= 4 is 23.2 Å². The van der Waals surface area contributed by atoms with Gasteiger partial charge in [-0.3, -0.25) is 0 Å². The summed E-state index contributed by atoms with van der Waals surface area (Å²) in [6.07, 6.45) is 1.77. The van der Waals surface area contributed by atoms with E-state index in [0.717, 1.165) is 48.5 Å². The molecule has 0 bridgehead atoms. The smallest absolute Gasteiger partial charge is 0.225 e. The van der Waals surface area contributed by atoms with E-state index in [1.54, 1.807) is 6.20 Å². The van der Waals surface area contributed by atoms with Crippen LogP contribution in [0.25, 0.3) is 0 Å². The highest BCUT2D eigenvalue weighted by molar-refractivity contribution is 6.33. The van der Waals surface area contributed by atoms with Crippen LogP contribution in [-0.2, 0) is 6.54 Å². The fraction of sp³-hybridized carbons (Fsp3) is 0.333. The Bertz CT molecular complexity index is 611. The molecular formula is C15H18ClN5. The predicted molar refractivity (Wildman–Crippen MR) is 85.8 cm³/mol. The van der Waals surface area contributed by atoms with Crippen molar-refractivity contribution in [2.45, 2.75) is 6.54 Å². The average Bonchev–Trinajstić information content (AvgIpc) is 2.56. The van der Waals surface area contributed by atoms with Crippen LogP contribution in [0.15, 0.2) is 36.5 Å². The minimum atomic E-state index is 0.440. The number of anilines is 2. The first kappa shape index (κ1) is 14.1. The molecule has 1 fully saturated rings. The lowest BCUT2D eigenvalue weighted by Gasteiger charge is -2.36. The number of para-hydroxylation sites is 1. The lowest BCUT2D eigenvalue weighted by Crippen LogP contribution is -2.47. The monoisotopic (exact) mass is 303 g/mol. The second kappa shape index (κ2) is 6.28. The molecule has 2 heterocycles. The third-order valence-electron chi connectivity index (χ3n) is 3.67. The van der Waals surface area contributed by atoms with Crippen LogP contribution in [0.4, 0.5) is 11.6 Å². The normalized spacial score (nSPS) is 15.3. The zero-order valence-corrected chi connectivity index (χ0v) is 12.5. The fourth-order valence-electron chi connectivity index (χ4n) is 2.51. The molecule has 0 unspecified atom stereocenters. The number of hydrogen-bond acceptors (Lipinski definition) is 5. The molecular weight excluding hydrogens is 286 g/mol. The average molecular weight is 304 g/mol. The van der Waals surface area contributed by atoms with Gasteiger partial charge in [0.15, 0.2) is 0 Å². The molecule has 110 valence electrons. The molecule has 6 heteroatoms. The van der Waals surface area contributed by atoms with Crippen LogP contribution in [-0.4, -0.2) is 36.1 Å². The number of hydrogen-bond donors (Lipinski definition) is 1. The van der Waals surface area contributed by atoms with E-state index in [1.165, 1.54) is 0 Å². The standard InChI is InChI=1S/C15H18ClN5/c16-13-3-1-2-4-14(13)20-7-9-21(10-8-20)15-18-6-5-12(11-17)19-15/h1-6H,7-11,17H2. The molecule has 2 N–H and O–H groups in total. The van der Waals surface area contributed by atoms with E-state index >= 15 is 0 Å². The van der Waals surface area contributed by atoms with Gasteiger partial charge in [0.05, 0.1) is 16.4 Å². The van der Waals surface area contributed by atoms with Gasteiger partial charge < -0.3 is 15.5 Å². The van der Waals surface area contributed by atoms with Crippen LogP contribution < -0.4 is 15.5 Å². The maximum Gasteiger partial charge on any atom is 0.225 e. The van der Waals surface area contributed by atoms with Crippen LogP contribution >= 0.6 is 11.6 Å². The maximum atomic E-state index is 6.26. The molecule has 0 amide bonds. The molecule has 1 saturated heterocycles. The third kappa shape index (κ3) is 3.09. The van der Waals surface area contributed by atoms with Gasteiger partial charge in [0.2, 0.25) is 5.95 Å². The number of piperazine rings is 1. The molecule has 1 aliphatic heterocycles. The summed E-state index contributed by atoms with van der Waals surface area (Å²) in [7, 11) is 0. The molecule has 2 aromatic rings. The molecule has 0 radical (unpaired) electrons. The van der Waals surface area contributed by atoms with Gasteiger partial charge in [-0.2, -0.15) is 0 Å². The highest BCUT2D eigenvalue weighted by atomic mass is 35.5. The Kier molecular flexibility index (Phi) is 4.22. The van der Waals surface area contributed by atoms with Gasteiger partial charge in [-0.25, -0.2) is 9.97 Å². The number of halogens is 1. The zero-order chi connectivity index (χ0) is 14.7. The summed E-state index contributed by atoms with van der Waals surface area (Å²) in [5, 5.41) is 0.798. The van der Waals surface area contributed by atoms with Crippen molar-refractivity contribution in [3.63, 3.8) is 0 Å². The van der Waals surface area contributed by atoms with Crippen molar-refractivity contribution in [3.8, 4) is 0 Å². The topological polar surface area (TPSA) is 58.3 Å². The van der Waals surface area contributed by atoms with Crippen molar-refractivity contribution in [2.24, 2.45) is 5.73 Å². The first-order valence-electron chi connectivity index (χ1n) is 7.04. The second-order valence-electron chi connectivity index (χ2n) is 4.98. The van der Waals surface area contributed by atoms with Crippen molar-refractivity contribution in [2.75, 3.05) is 36.0 Å². The Labute approximate surface area is 129 Å². The molecule has 1 aliphatic rings. The Morgan fingerprint density at radius 3 is 2.48 bits per heavy atom. The minimum Gasteiger partial charge on any atom is -0.367 e. The van der Waals surface area contributed by atoms with E-state index in [1.807, 2.05) is 24.3 Å². The second-order valence-corrected chi connectivity index (χ2v) is 5.38. The quantitative estimate of drug-likeness (QED) is 0.939. The maximum absolute atomic E-state index is 6.26. The van der Waals surface area contributed by atoms with Crippen LogP contribution in [0, 0.1) is 0 Å². The summed E-state index contributed by atoms with van der Waals surface area (Å²) < 4.78 is 0. The summed E-state index contributed by atoms with van der Waals surface area (Å²) in [6.45, 7) is 3.99. The molecule has 5 nitrogen and oxygen atoms in total. The van der Waals surface area contributed by atoms with Gasteiger partial charge in [0, 0.05) is 38.9 Å². The molecule has 1 aromatic carbocycles. The van der Waals surface area contributed by atoms with Gasteiger partial charge in [0.1, 0.15) is 0 Å². The van der Waals surface area contributed by atoms with Crippen molar-refractivity contribution < 1.29 is 0 Å². The summed E-state index contributed by atoms with van der Waals surface area (Å²) >= 11 is 6.26. The van der Waals surface area contributed by atoms with Gasteiger partial charge >= 0.3 is 0 Å². The van der Waals surface area contributed by atoms with E-state index in [-0.39, 0.29) is 0 Å². The lowest BCUT2D eigenvalue weighted by atomic mass is 10.2. The number of nitrogens with two attached hydrogens (primary N) is 1. The SMILES string of the molecule is NCc1ccnc(N2CCN(c3ccccc3Cl)CC2)n1. The van der Waals surface area contributed by atoms with E-state index in [4.69, 9.17) is 17.3 Å². The summed E-state index contributed by atoms with van der Waals surface area (Å²) in [4.78, 5) is 13.3. The Morgan fingerprint density at radius 2 is 1.76 bits per heavy atom. The van der Waals surface area contributed by atoms with Gasteiger partial charge in [-0.1, -0.05) is 23.7 Å². The largest absolute Gasteiger partial charge is 0.367 e. The van der Waals surface area contributed by atoms with Gasteiger partial charge in [-0.05, 0) is 18.2 Å². The van der Waals surface area contributed by atoms with Crippen LogP contribution in [0.2, 0.25) is 5.02 Å². The van der Waals surface area contributed by atoms with Gasteiger partial charge in [0.25, 0.3) is 0 Å². The van der Waals surface area contributed by atoms with Gasteiger partial charge in [-0.15, -0.1) is 0 Å². The van der Waals surface area contributed by atoms with E-state index < -0.39 is 0 Å². The molecule has 21 heavy (non-hydrogen) atoms. The Balaban J connectivity index is 1.69. The lowest BCUT2D eigenvalue weighted by molar-refractivity contribution is 0.638. The summed E-state index contributed by atoms with van der Waals surface area (Å²) in [5.74, 6) is 0.761. The summed E-state index contributed by atoms with van der Waals surface area (Å²) in [5.41, 5.74) is 7.59. The zero-order valence-electron chi connectivity index (χ0n) is 11.7. The van der Waals surface area contributed by atoms with E-state index in [9.17, 15) is 0 Å². The molecule has 0 atom stereocenters. The number of aromatic nitrogens is 2. The number of benzene rings is 1. The Morgan fingerprint density at radius 1 is 1.05 bits per heavy atom. The van der Waals surface area contributed by atoms with E-state index in [0.29, 0.717) is 6.54 Å². The van der Waals surface area contributed by atoms with Crippen molar-refractivity contribution in [3.05, 3.63) is 47.2 Å². The highest BCUT2D eigenvalue weighted by Crippen LogP contribution is 2.26. The van der Waals surface area contributed by atoms with Crippen LogP contribution in [0.1, 0.15) is 5.69 Å². The van der Waals surface area contributed by atoms with E-state index in [2.05, 4.69) is 25.8 Å². The molecule has 0 saturated carbocycles. The predicted octanol–water partition coefficient (Wildman–Crippen LogP) is 1.92. The highest BCUT2D eigenvalue weighted by Gasteiger charge is 2.20. The van der Waals surface area contributed by atoms with Crippen molar-refractivity contribution in [1.29, 1.82) is 0 Å². The number of nitrogens with zero attached hydrogens (tertiary/aromatic N) is 4.